The Morgan fingerprint density at radius 2 is 1.89 bits per heavy atom. The molecule has 0 amide bonds. The van der Waals surface area contributed by atoms with Crippen molar-refractivity contribution in [1.29, 1.82) is 0 Å². The standard InChI is InChI=1S/C20H26F3N3O.HI/c1-24-18(25-12-13-4-6-14(7-5-13)20(21,22)23)26-16-15-8-11-27-17(15)19(16)9-2-3-10-19;/h4-7,15-17H,2-3,8-12H2,1H3,(H2,24,25,26);1H. The van der Waals surface area contributed by atoms with Crippen molar-refractivity contribution in [3.8, 4) is 0 Å². The molecule has 1 aromatic carbocycles. The van der Waals surface area contributed by atoms with Crippen LogP contribution in [0.15, 0.2) is 29.3 Å². The van der Waals surface area contributed by atoms with Gasteiger partial charge in [-0.25, -0.2) is 0 Å². The Balaban J connectivity index is 0.00000225. The van der Waals surface area contributed by atoms with E-state index in [4.69, 9.17) is 4.74 Å². The van der Waals surface area contributed by atoms with Crippen LogP contribution in [0.3, 0.4) is 0 Å². The Bertz CT molecular complexity index is 702. The smallest absolute Gasteiger partial charge is 0.377 e. The van der Waals surface area contributed by atoms with E-state index in [0.717, 1.165) is 30.7 Å². The van der Waals surface area contributed by atoms with Crippen LogP contribution in [0.1, 0.15) is 43.2 Å². The molecular formula is C20H27F3IN3O. The zero-order valence-corrected chi connectivity index (χ0v) is 18.2. The molecular weight excluding hydrogens is 482 g/mol. The van der Waals surface area contributed by atoms with Crippen LogP contribution in [-0.4, -0.2) is 31.8 Å². The van der Waals surface area contributed by atoms with E-state index in [0.29, 0.717) is 30.6 Å². The number of hydrogen-bond donors (Lipinski definition) is 2. The summed E-state index contributed by atoms with van der Waals surface area (Å²) in [6, 6.07) is 5.61. The minimum absolute atomic E-state index is 0. The van der Waals surface area contributed by atoms with Gasteiger partial charge in [-0.1, -0.05) is 25.0 Å². The molecule has 28 heavy (non-hydrogen) atoms. The molecule has 1 aliphatic heterocycles. The normalized spacial score (nSPS) is 28.4. The summed E-state index contributed by atoms with van der Waals surface area (Å²) < 4.78 is 44.0. The monoisotopic (exact) mass is 509 g/mol. The third-order valence-corrected chi connectivity index (χ3v) is 6.54. The molecule has 3 aliphatic rings. The molecule has 2 N–H and O–H groups in total. The lowest BCUT2D eigenvalue weighted by molar-refractivity contribution is -0.137. The number of hydrogen-bond acceptors (Lipinski definition) is 2. The van der Waals surface area contributed by atoms with Crippen molar-refractivity contribution in [2.75, 3.05) is 13.7 Å². The molecule has 1 heterocycles. The van der Waals surface area contributed by atoms with Crippen LogP contribution >= 0.6 is 24.0 Å². The summed E-state index contributed by atoms with van der Waals surface area (Å²) in [7, 11) is 1.73. The van der Waals surface area contributed by atoms with E-state index in [1.807, 2.05) is 0 Å². The van der Waals surface area contributed by atoms with E-state index in [2.05, 4.69) is 15.6 Å². The highest BCUT2D eigenvalue weighted by molar-refractivity contribution is 14.0. The fourth-order valence-corrected chi connectivity index (χ4v) is 5.24. The summed E-state index contributed by atoms with van der Waals surface area (Å²) >= 11 is 0. The lowest BCUT2D eigenvalue weighted by atomic mass is 9.54. The lowest BCUT2D eigenvalue weighted by Gasteiger charge is -2.57. The molecule has 4 nitrogen and oxygen atoms in total. The van der Waals surface area contributed by atoms with Gasteiger partial charge in [0.1, 0.15) is 0 Å². The minimum Gasteiger partial charge on any atom is -0.377 e. The van der Waals surface area contributed by atoms with Gasteiger partial charge in [-0.2, -0.15) is 13.2 Å². The van der Waals surface area contributed by atoms with Crippen LogP contribution in [0, 0.1) is 11.3 Å². The summed E-state index contributed by atoms with van der Waals surface area (Å²) in [5.41, 5.74) is 0.392. The van der Waals surface area contributed by atoms with E-state index in [1.54, 1.807) is 7.05 Å². The Morgan fingerprint density at radius 3 is 2.50 bits per heavy atom. The number of benzene rings is 1. The first-order valence-electron chi connectivity index (χ1n) is 9.69. The highest BCUT2D eigenvalue weighted by Crippen LogP contribution is 2.60. The second kappa shape index (κ2) is 8.38. The molecule has 3 atom stereocenters. The molecule has 2 saturated carbocycles. The average molecular weight is 509 g/mol. The van der Waals surface area contributed by atoms with E-state index < -0.39 is 11.7 Å². The van der Waals surface area contributed by atoms with Gasteiger partial charge in [-0.15, -0.1) is 24.0 Å². The molecule has 0 bridgehead atoms. The number of alkyl halides is 3. The maximum absolute atomic E-state index is 12.7. The number of aliphatic imine (C=N–C) groups is 1. The molecule has 1 aromatic rings. The number of nitrogens with one attached hydrogen (secondary N) is 2. The maximum atomic E-state index is 12.7. The van der Waals surface area contributed by atoms with Crippen LogP contribution in [0.5, 0.6) is 0 Å². The maximum Gasteiger partial charge on any atom is 0.416 e. The molecule has 8 heteroatoms. The fraction of sp³-hybridized carbons (Fsp3) is 0.650. The van der Waals surface area contributed by atoms with Gasteiger partial charge in [-0.3, -0.25) is 4.99 Å². The number of halogens is 4. The van der Waals surface area contributed by atoms with Crippen LogP contribution in [-0.2, 0) is 17.5 Å². The van der Waals surface area contributed by atoms with Gasteiger partial charge in [0.2, 0.25) is 0 Å². The van der Waals surface area contributed by atoms with E-state index in [-0.39, 0.29) is 29.4 Å². The van der Waals surface area contributed by atoms with Gasteiger partial charge in [0.25, 0.3) is 0 Å². The molecule has 3 fully saturated rings. The first kappa shape index (κ1) is 21.7. The quantitative estimate of drug-likeness (QED) is 0.362. The highest BCUT2D eigenvalue weighted by atomic mass is 127. The van der Waals surface area contributed by atoms with Gasteiger partial charge >= 0.3 is 6.18 Å². The molecule has 3 unspecified atom stereocenters. The van der Waals surface area contributed by atoms with Crippen molar-refractivity contribution in [2.24, 2.45) is 16.3 Å². The molecule has 1 saturated heterocycles. The zero-order chi connectivity index (χ0) is 19.1. The number of rotatable bonds is 3. The topological polar surface area (TPSA) is 45.7 Å². The summed E-state index contributed by atoms with van der Waals surface area (Å²) in [5.74, 6) is 1.24. The van der Waals surface area contributed by atoms with Crippen molar-refractivity contribution < 1.29 is 17.9 Å². The summed E-state index contributed by atoms with van der Waals surface area (Å²) in [6.07, 6.45) is 2.06. The van der Waals surface area contributed by atoms with Gasteiger partial charge in [0.05, 0.1) is 11.7 Å². The second-order valence-corrected chi connectivity index (χ2v) is 7.93. The lowest BCUT2D eigenvalue weighted by Crippen LogP contribution is -2.69. The van der Waals surface area contributed by atoms with Crippen molar-refractivity contribution in [3.05, 3.63) is 35.4 Å². The average Bonchev–Trinajstić information content (AvgIpc) is 3.30. The molecule has 1 spiro atoms. The van der Waals surface area contributed by atoms with Crippen molar-refractivity contribution >= 4 is 29.9 Å². The van der Waals surface area contributed by atoms with E-state index in [1.165, 1.54) is 37.8 Å². The highest BCUT2D eigenvalue weighted by Gasteiger charge is 2.65. The summed E-state index contributed by atoms with van der Waals surface area (Å²) in [6.45, 7) is 1.27. The van der Waals surface area contributed by atoms with Crippen molar-refractivity contribution in [1.82, 2.24) is 10.6 Å². The van der Waals surface area contributed by atoms with Crippen LogP contribution in [0.25, 0.3) is 0 Å². The Hall–Kier alpha value is -1.03. The predicted molar refractivity (Wildman–Crippen MR) is 113 cm³/mol. The minimum atomic E-state index is -4.30. The predicted octanol–water partition coefficient (Wildman–Crippen LogP) is 4.34. The number of guanidine groups is 1. The zero-order valence-electron chi connectivity index (χ0n) is 15.9. The largest absolute Gasteiger partial charge is 0.416 e. The van der Waals surface area contributed by atoms with Gasteiger partial charge in [0, 0.05) is 37.6 Å². The number of nitrogens with zero attached hydrogens (tertiary/aromatic N) is 1. The molecule has 2 aliphatic carbocycles. The van der Waals surface area contributed by atoms with Crippen molar-refractivity contribution in [3.63, 3.8) is 0 Å². The number of ether oxygens (including phenoxy) is 1. The Morgan fingerprint density at radius 1 is 1.21 bits per heavy atom. The second-order valence-electron chi connectivity index (χ2n) is 7.93. The van der Waals surface area contributed by atoms with Gasteiger partial charge in [0.15, 0.2) is 5.96 Å². The van der Waals surface area contributed by atoms with Gasteiger partial charge < -0.3 is 15.4 Å². The molecule has 156 valence electrons. The van der Waals surface area contributed by atoms with Crippen molar-refractivity contribution in [2.45, 2.75) is 57.0 Å². The summed E-state index contributed by atoms with van der Waals surface area (Å²) in [4.78, 5) is 4.32. The first-order chi connectivity index (χ1) is 12.9. The van der Waals surface area contributed by atoms with Crippen LogP contribution < -0.4 is 10.6 Å². The van der Waals surface area contributed by atoms with E-state index in [9.17, 15) is 13.2 Å². The van der Waals surface area contributed by atoms with Gasteiger partial charge in [-0.05, 0) is 37.0 Å². The Labute approximate surface area is 180 Å². The van der Waals surface area contributed by atoms with E-state index >= 15 is 0 Å². The van der Waals surface area contributed by atoms with Crippen LogP contribution in [0.4, 0.5) is 13.2 Å². The third kappa shape index (κ3) is 3.86. The number of fused-ring (bicyclic) bond motifs is 2. The molecule has 0 radical (unpaired) electrons. The third-order valence-electron chi connectivity index (χ3n) is 6.54. The Kier molecular flexibility index (Phi) is 6.48. The van der Waals surface area contributed by atoms with Crippen LogP contribution in [0.2, 0.25) is 0 Å². The fourth-order valence-electron chi connectivity index (χ4n) is 5.24. The molecule has 0 aromatic heterocycles. The molecule has 4 rings (SSSR count). The first-order valence-corrected chi connectivity index (χ1v) is 9.69. The summed E-state index contributed by atoms with van der Waals surface area (Å²) in [5, 5.41) is 6.84. The SMILES string of the molecule is CN=C(NCc1ccc(C(F)(F)F)cc1)NC1C2CCOC2C12CCCC2.I.